The molecule has 1 unspecified atom stereocenters. The molecule has 1 atom stereocenters. The molecule has 4 N–H and O–H groups in total. The van der Waals surface area contributed by atoms with Gasteiger partial charge < -0.3 is 20.5 Å². The molecule has 4 rings (SSSR count). The summed E-state index contributed by atoms with van der Waals surface area (Å²) in [5, 5.41) is 13.5. The van der Waals surface area contributed by atoms with Gasteiger partial charge in [0.2, 0.25) is 11.8 Å². The van der Waals surface area contributed by atoms with E-state index in [1.54, 1.807) is 29.1 Å². The first-order valence-corrected chi connectivity index (χ1v) is 11.8. The summed E-state index contributed by atoms with van der Waals surface area (Å²) in [4.78, 5) is 50.8. The Morgan fingerprint density at radius 1 is 1.08 bits per heavy atom. The maximum absolute atomic E-state index is 13.2. The second-order valence-corrected chi connectivity index (χ2v) is 8.31. The summed E-state index contributed by atoms with van der Waals surface area (Å²) in [7, 11) is 0. The third kappa shape index (κ3) is 5.58. The zero-order chi connectivity index (χ0) is 25.5. The number of nitrogens with one attached hydrogen (secondary N) is 2. The summed E-state index contributed by atoms with van der Waals surface area (Å²) >= 11 is 0. The van der Waals surface area contributed by atoms with Crippen molar-refractivity contribution < 1.29 is 28.7 Å². The highest BCUT2D eigenvalue weighted by molar-refractivity contribution is 6.25. The largest absolute Gasteiger partial charge is 0.384 e. The van der Waals surface area contributed by atoms with Crippen molar-refractivity contribution in [3.05, 3.63) is 41.2 Å². The molecule has 13 nitrogen and oxygen atoms in total. The van der Waals surface area contributed by atoms with Crippen molar-refractivity contribution in [1.82, 2.24) is 25.2 Å². The number of ether oxygens (including phenoxy) is 2. The van der Waals surface area contributed by atoms with Crippen LogP contribution in [0, 0.1) is 0 Å². The van der Waals surface area contributed by atoms with Gasteiger partial charge in [-0.15, -0.1) is 5.10 Å². The van der Waals surface area contributed by atoms with Crippen LogP contribution in [-0.2, 0) is 32.0 Å². The van der Waals surface area contributed by atoms with Gasteiger partial charge in [0.25, 0.3) is 11.8 Å². The molecule has 0 spiro atoms. The number of carbonyl (C=O) groups is 4. The van der Waals surface area contributed by atoms with E-state index in [0.29, 0.717) is 58.2 Å². The predicted octanol–water partition coefficient (Wildman–Crippen LogP) is -0.674. The van der Waals surface area contributed by atoms with E-state index in [1.807, 2.05) is 0 Å². The minimum Gasteiger partial charge on any atom is -0.384 e. The molecule has 4 amide bonds. The van der Waals surface area contributed by atoms with Gasteiger partial charge in [-0.1, -0.05) is 11.3 Å². The van der Waals surface area contributed by atoms with Crippen molar-refractivity contribution in [2.75, 3.05) is 44.8 Å². The average Bonchev–Trinajstić information content (AvgIpc) is 3.41. The lowest BCUT2D eigenvalue weighted by molar-refractivity contribution is -0.136. The fraction of sp³-hybridized carbons (Fsp3) is 0.478. The molecule has 36 heavy (non-hydrogen) atoms. The fourth-order valence-electron chi connectivity index (χ4n) is 4.20. The number of nitrogens with zero attached hydrogens (tertiary/aromatic N) is 4. The summed E-state index contributed by atoms with van der Waals surface area (Å²) in [6, 6.07) is 3.96. The Labute approximate surface area is 207 Å². The monoisotopic (exact) mass is 499 g/mol. The third-order valence-corrected chi connectivity index (χ3v) is 5.94. The first-order chi connectivity index (χ1) is 17.5. The van der Waals surface area contributed by atoms with E-state index < -0.39 is 29.7 Å². The van der Waals surface area contributed by atoms with Gasteiger partial charge in [-0.2, -0.15) is 0 Å². The van der Waals surface area contributed by atoms with Crippen molar-refractivity contribution in [1.29, 1.82) is 0 Å². The molecule has 1 aromatic heterocycles. The minimum atomic E-state index is -1.00. The highest BCUT2D eigenvalue weighted by atomic mass is 16.5. The quantitative estimate of drug-likeness (QED) is 0.237. The molecule has 0 bridgehead atoms. The molecule has 13 heteroatoms. The molecule has 1 fully saturated rings. The molecular formula is C23H29N7O6. The lowest BCUT2D eigenvalue weighted by Gasteiger charge is -2.27. The standard InChI is InChI=1S/C23H29N7O6/c24-7-10-35-12-13-36-11-9-29-15(14-26-28-29)6-8-25-17-3-1-2-16-20(17)23(34)30(22(16)33)18-4-5-19(31)27-21(18)32/h1-3,14,18,25H,4-13,24H2,(H,27,31,32). The van der Waals surface area contributed by atoms with Gasteiger partial charge in [-0.3, -0.25) is 29.4 Å². The van der Waals surface area contributed by atoms with Crippen LogP contribution < -0.4 is 16.4 Å². The molecule has 3 heterocycles. The number of hydrogen-bond donors (Lipinski definition) is 3. The van der Waals surface area contributed by atoms with Crippen LogP contribution in [0.1, 0.15) is 39.3 Å². The van der Waals surface area contributed by atoms with Crippen LogP contribution >= 0.6 is 0 Å². The third-order valence-electron chi connectivity index (χ3n) is 5.94. The molecule has 0 saturated carbocycles. The number of aromatic nitrogens is 3. The average molecular weight is 500 g/mol. The Morgan fingerprint density at radius 2 is 1.89 bits per heavy atom. The van der Waals surface area contributed by atoms with Crippen molar-refractivity contribution >= 4 is 29.3 Å². The SMILES string of the molecule is NCCOCCOCCn1nncc1CCNc1cccc2c1C(=O)N(C1CCC(=O)NC1=O)C2=O. The van der Waals surface area contributed by atoms with Crippen LogP contribution in [0.3, 0.4) is 0 Å². The molecule has 0 aliphatic carbocycles. The second-order valence-electron chi connectivity index (χ2n) is 8.31. The maximum atomic E-state index is 13.2. The first-order valence-electron chi connectivity index (χ1n) is 11.8. The normalized spacial score (nSPS) is 17.5. The van der Waals surface area contributed by atoms with E-state index in [0.717, 1.165) is 10.6 Å². The zero-order valence-electron chi connectivity index (χ0n) is 19.8. The summed E-state index contributed by atoms with van der Waals surface area (Å²) in [5.41, 5.74) is 7.20. The number of imide groups is 2. The molecule has 192 valence electrons. The summed E-state index contributed by atoms with van der Waals surface area (Å²) < 4.78 is 12.5. The Bertz CT molecular complexity index is 1130. The van der Waals surface area contributed by atoms with Gasteiger partial charge in [0.05, 0.1) is 56.0 Å². The highest BCUT2D eigenvalue weighted by Crippen LogP contribution is 2.32. The second kappa shape index (κ2) is 11.8. The van der Waals surface area contributed by atoms with E-state index in [4.69, 9.17) is 15.2 Å². The highest BCUT2D eigenvalue weighted by Gasteiger charge is 2.45. The van der Waals surface area contributed by atoms with Crippen molar-refractivity contribution in [3.63, 3.8) is 0 Å². The minimum absolute atomic E-state index is 0.0732. The topological polar surface area (TPSA) is 171 Å². The number of hydrogen-bond acceptors (Lipinski definition) is 10. The molecule has 2 aliphatic rings. The van der Waals surface area contributed by atoms with Crippen LogP contribution in [-0.4, -0.2) is 89.1 Å². The van der Waals surface area contributed by atoms with Gasteiger partial charge in [0.15, 0.2) is 0 Å². The van der Waals surface area contributed by atoms with E-state index >= 15 is 0 Å². The number of nitrogens with two attached hydrogens (primary N) is 1. The molecular weight excluding hydrogens is 470 g/mol. The maximum Gasteiger partial charge on any atom is 0.264 e. The summed E-state index contributed by atoms with van der Waals surface area (Å²) in [6.07, 6.45) is 2.42. The van der Waals surface area contributed by atoms with Crippen molar-refractivity contribution in [2.24, 2.45) is 5.73 Å². The van der Waals surface area contributed by atoms with E-state index in [-0.39, 0.29) is 24.0 Å². The van der Waals surface area contributed by atoms with Crippen LogP contribution in [0.15, 0.2) is 24.4 Å². The fourth-order valence-corrected chi connectivity index (χ4v) is 4.20. The lowest BCUT2D eigenvalue weighted by Crippen LogP contribution is -2.54. The Hall–Kier alpha value is -3.68. The van der Waals surface area contributed by atoms with E-state index in [2.05, 4.69) is 20.9 Å². The van der Waals surface area contributed by atoms with Crippen LogP contribution in [0.4, 0.5) is 5.69 Å². The Balaban J connectivity index is 1.33. The van der Waals surface area contributed by atoms with Gasteiger partial charge in [-0.05, 0) is 18.6 Å². The first kappa shape index (κ1) is 25.4. The van der Waals surface area contributed by atoms with Crippen molar-refractivity contribution in [2.45, 2.75) is 31.8 Å². The molecule has 1 saturated heterocycles. The summed E-state index contributed by atoms with van der Waals surface area (Å²) in [6.45, 7) is 3.36. The molecule has 0 radical (unpaired) electrons. The van der Waals surface area contributed by atoms with Crippen molar-refractivity contribution in [3.8, 4) is 0 Å². The smallest absolute Gasteiger partial charge is 0.264 e. The van der Waals surface area contributed by atoms with Crippen LogP contribution in [0.2, 0.25) is 0 Å². The van der Waals surface area contributed by atoms with Gasteiger partial charge in [0, 0.05) is 31.6 Å². The summed E-state index contributed by atoms with van der Waals surface area (Å²) in [5.74, 6) is -2.13. The molecule has 2 aromatic rings. The number of benzene rings is 1. The number of piperidine rings is 1. The number of amides is 4. The van der Waals surface area contributed by atoms with Crippen LogP contribution in [0.25, 0.3) is 0 Å². The Morgan fingerprint density at radius 3 is 2.67 bits per heavy atom. The number of carbonyl (C=O) groups excluding carboxylic acids is 4. The Kier molecular flexibility index (Phi) is 8.36. The number of anilines is 1. The van der Waals surface area contributed by atoms with Gasteiger partial charge in [0.1, 0.15) is 6.04 Å². The number of rotatable bonds is 13. The molecule has 2 aliphatic heterocycles. The van der Waals surface area contributed by atoms with E-state index in [9.17, 15) is 19.2 Å². The lowest BCUT2D eigenvalue weighted by atomic mass is 10.0. The van der Waals surface area contributed by atoms with E-state index in [1.165, 1.54) is 0 Å². The van der Waals surface area contributed by atoms with Gasteiger partial charge >= 0.3 is 0 Å². The zero-order valence-corrected chi connectivity index (χ0v) is 19.8. The van der Waals surface area contributed by atoms with Crippen LogP contribution in [0.5, 0.6) is 0 Å². The number of fused-ring (bicyclic) bond motifs is 1. The molecule has 1 aromatic carbocycles. The predicted molar refractivity (Wildman–Crippen MR) is 126 cm³/mol. The van der Waals surface area contributed by atoms with Gasteiger partial charge in [-0.25, -0.2) is 4.68 Å².